The Hall–Kier alpha value is -3.28. The van der Waals surface area contributed by atoms with Crippen molar-refractivity contribution >= 4 is 23.4 Å². The first kappa shape index (κ1) is 31.7. The Morgan fingerprint density at radius 1 is 1.16 bits per heavy atom. The molecule has 0 aliphatic carbocycles. The molecule has 6 heterocycles. The Kier molecular flexibility index (Phi) is 9.58. The lowest BCUT2D eigenvalue weighted by molar-refractivity contribution is 0.0689. The van der Waals surface area contributed by atoms with Crippen molar-refractivity contribution in [3.8, 4) is 6.01 Å². The lowest BCUT2D eigenvalue weighted by Crippen LogP contribution is -2.35. The average Bonchev–Trinajstić information content (AvgIpc) is 3.65. The SMILES string of the molecule is CCCc1ccccc1C1Cc2nc(OC)nc(N3CCCn4nc(C(=O)O)c(Cl)c4C3)c2CN1C.FC1CC2CCCN2C1. The van der Waals surface area contributed by atoms with Crippen LogP contribution in [0.5, 0.6) is 6.01 Å². The summed E-state index contributed by atoms with van der Waals surface area (Å²) in [6.07, 6.45) is 6.50. The number of halogens is 2. The van der Waals surface area contributed by atoms with Gasteiger partial charge in [0.1, 0.15) is 12.0 Å². The van der Waals surface area contributed by atoms with E-state index in [1.807, 2.05) is 0 Å². The van der Waals surface area contributed by atoms with Gasteiger partial charge in [0.2, 0.25) is 0 Å². The zero-order chi connectivity index (χ0) is 31.7. The maximum Gasteiger partial charge on any atom is 0.357 e. The molecule has 0 bridgehead atoms. The lowest BCUT2D eigenvalue weighted by Gasteiger charge is -2.37. The van der Waals surface area contributed by atoms with Crippen molar-refractivity contribution in [1.82, 2.24) is 29.5 Å². The fourth-order valence-electron chi connectivity index (χ4n) is 7.41. The molecule has 3 atom stereocenters. The third kappa shape index (κ3) is 6.53. The Bertz CT molecular complexity index is 1520. The third-order valence-electron chi connectivity index (χ3n) is 9.59. The van der Waals surface area contributed by atoms with Crippen LogP contribution in [0.1, 0.15) is 83.6 Å². The van der Waals surface area contributed by atoms with Crippen molar-refractivity contribution in [3.63, 3.8) is 0 Å². The number of ether oxygens (including phenoxy) is 1. The molecule has 4 aliphatic heterocycles. The summed E-state index contributed by atoms with van der Waals surface area (Å²) < 4.78 is 19.8. The smallest absolute Gasteiger partial charge is 0.357 e. The first-order chi connectivity index (χ1) is 21.8. The highest BCUT2D eigenvalue weighted by atomic mass is 35.5. The molecular formula is C33H43ClFN7O3. The zero-order valence-electron chi connectivity index (χ0n) is 26.4. The second-order valence-corrected chi connectivity index (χ2v) is 13.0. The molecule has 7 rings (SSSR count). The molecule has 4 aliphatic rings. The molecule has 3 aromatic rings. The van der Waals surface area contributed by atoms with Crippen LogP contribution in [0, 0.1) is 0 Å². The number of fused-ring (bicyclic) bond motifs is 3. The number of methoxy groups -OCH3 is 1. The number of benzene rings is 1. The van der Waals surface area contributed by atoms with Gasteiger partial charge in [0.25, 0.3) is 0 Å². The first-order valence-corrected chi connectivity index (χ1v) is 16.5. The maximum atomic E-state index is 12.6. The number of aromatic nitrogens is 4. The highest BCUT2D eigenvalue weighted by molar-refractivity contribution is 6.33. The summed E-state index contributed by atoms with van der Waals surface area (Å²) in [5.41, 5.74) is 5.37. The summed E-state index contributed by atoms with van der Waals surface area (Å²) in [4.78, 5) is 27.9. The van der Waals surface area contributed by atoms with E-state index >= 15 is 0 Å². The minimum absolute atomic E-state index is 0.107. The molecule has 1 N–H and O–H groups in total. The molecule has 2 fully saturated rings. The van der Waals surface area contributed by atoms with Crippen LogP contribution in [-0.4, -0.2) is 86.6 Å². The molecule has 0 amide bonds. The Morgan fingerprint density at radius 2 is 1.98 bits per heavy atom. The van der Waals surface area contributed by atoms with Crippen LogP contribution in [0.4, 0.5) is 10.2 Å². The third-order valence-corrected chi connectivity index (χ3v) is 9.98. The van der Waals surface area contributed by atoms with Crippen LogP contribution in [0.25, 0.3) is 0 Å². The van der Waals surface area contributed by atoms with Gasteiger partial charge in [-0.2, -0.15) is 15.1 Å². The van der Waals surface area contributed by atoms with Crippen LogP contribution in [0.2, 0.25) is 5.02 Å². The number of hydrogen-bond donors (Lipinski definition) is 1. The normalized spacial score (nSPS) is 23.0. The van der Waals surface area contributed by atoms with Gasteiger partial charge in [-0.05, 0) is 56.8 Å². The number of rotatable bonds is 6. The number of carboxylic acids is 1. The minimum atomic E-state index is -1.12. The number of anilines is 1. The van der Waals surface area contributed by atoms with Crippen molar-refractivity contribution in [2.24, 2.45) is 0 Å². The highest BCUT2D eigenvalue weighted by Gasteiger charge is 2.35. The van der Waals surface area contributed by atoms with E-state index in [1.54, 1.807) is 11.8 Å². The summed E-state index contributed by atoms with van der Waals surface area (Å²) >= 11 is 6.46. The van der Waals surface area contributed by atoms with Crippen molar-refractivity contribution in [2.75, 3.05) is 38.7 Å². The second kappa shape index (κ2) is 13.6. The van der Waals surface area contributed by atoms with Crippen molar-refractivity contribution in [1.29, 1.82) is 0 Å². The monoisotopic (exact) mass is 639 g/mol. The topological polar surface area (TPSA) is 99.9 Å². The predicted octanol–water partition coefficient (Wildman–Crippen LogP) is 5.32. The fourth-order valence-corrected chi connectivity index (χ4v) is 7.68. The number of hydrogen-bond acceptors (Lipinski definition) is 8. The molecule has 45 heavy (non-hydrogen) atoms. The van der Waals surface area contributed by atoms with Gasteiger partial charge in [-0.3, -0.25) is 14.5 Å². The number of alkyl halides is 1. The lowest BCUT2D eigenvalue weighted by atomic mass is 9.89. The zero-order valence-corrected chi connectivity index (χ0v) is 27.1. The van der Waals surface area contributed by atoms with E-state index < -0.39 is 12.1 Å². The molecule has 2 saturated heterocycles. The molecule has 10 nitrogen and oxygen atoms in total. The number of aromatic carboxylic acids is 1. The van der Waals surface area contributed by atoms with E-state index in [-0.39, 0.29) is 16.8 Å². The summed E-state index contributed by atoms with van der Waals surface area (Å²) in [5.74, 6) is -0.309. The summed E-state index contributed by atoms with van der Waals surface area (Å²) in [5, 5.41) is 13.9. The average molecular weight is 640 g/mol. The Morgan fingerprint density at radius 3 is 2.73 bits per heavy atom. The van der Waals surface area contributed by atoms with Crippen LogP contribution in [0.3, 0.4) is 0 Å². The Labute approximate surface area is 269 Å². The van der Waals surface area contributed by atoms with E-state index in [0.29, 0.717) is 43.9 Å². The van der Waals surface area contributed by atoms with Crippen LogP contribution >= 0.6 is 11.6 Å². The summed E-state index contributed by atoms with van der Waals surface area (Å²) in [6, 6.07) is 9.84. The van der Waals surface area contributed by atoms with E-state index in [4.69, 9.17) is 26.3 Å². The van der Waals surface area contributed by atoms with Crippen molar-refractivity contribution < 1.29 is 19.0 Å². The molecule has 1 aromatic carbocycles. The van der Waals surface area contributed by atoms with Crippen molar-refractivity contribution in [3.05, 3.63) is 63.1 Å². The van der Waals surface area contributed by atoms with Gasteiger partial charge in [-0.1, -0.05) is 49.2 Å². The number of carbonyl (C=O) groups is 1. The van der Waals surface area contributed by atoms with E-state index in [0.717, 1.165) is 62.3 Å². The summed E-state index contributed by atoms with van der Waals surface area (Å²) in [7, 11) is 3.74. The van der Waals surface area contributed by atoms with Crippen LogP contribution in [0.15, 0.2) is 24.3 Å². The van der Waals surface area contributed by atoms with Crippen LogP contribution < -0.4 is 9.64 Å². The maximum absolute atomic E-state index is 12.6. The standard InChI is InChI=1S/C26H31ClN6O3.C7H12FN/c1-4-8-16-9-5-6-10-17(16)20-13-19-18(14-31(20)2)24(29-26(28-19)36-3)32-11-7-12-33-21(15-32)22(27)23(30-33)25(34)35;8-6-4-7-2-1-3-9(7)5-6/h5-6,9-10,20H,4,7-8,11-15H2,1-3H3,(H,34,35);6-7H,1-5H2. The number of likely N-dealkylation sites (N-methyl/N-ethyl adjacent to an activating group) is 1. The van der Waals surface area contributed by atoms with E-state index in [1.165, 1.54) is 24.0 Å². The van der Waals surface area contributed by atoms with Crippen LogP contribution in [-0.2, 0) is 32.5 Å². The Balaban J connectivity index is 0.000000337. The number of carboxylic acid groups (broad SMARTS) is 1. The van der Waals surface area contributed by atoms with Gasteiger partial charge < -0.3 is 14.7 Å². The van der Waals surface area contributed by atoms with Gasteiger partial charge in [0.05, 0.1) is 30.1 Å². The quantitative estimate of drug-likeness (QED) is 0.384. The van der Waals surface area contributed by atoms with Gasteiger partial charge in [0.15, 0.2) is 5.69 Å². The number of nitrogens with zero attached hydrogens (tertiary/aromatic N) is 7. The molecule has 0 radical (unpaired) electrons. The molecule has 2 aromatic heterocycles. The molecular weight excluding hydrogens is 597 g/mol. The fraction of sp³-hybridized carbons (Fsp3) is 0.576. The molecule has 3 unspecified atom stereocenters. The van der Waals surface area contributed by atoms with Gasteiger partial charge >= 0.3 is 12.0 Å². The predicted molar refractivity (Wildman–Crippen MR) is 171 cm³/mol. The molecule has 0 spiro atoms. The first-order valence-electron chi connectivity index (χ1n) is 16.1. The van der Waals surface area contributed by atoms with Gasteiger partial charge in [-0.25, -0.2) is 9.18 Å². The van der Waals surface area contributed by atoms with Gasteiger partial charge in [-0.15, -0.1) is 0 Å². The highest BCUT2D eigenvalue weighted by Crippen LogP contribution is 2.38. The largest absolute Gasteiger partial charge is 0.476 e. The molecule has 242 valence electrons. The molecule has 12 heteroatoms. The van der Waals surface area contributed by atoms with Gasteiger partial charge in [0, 0.05) is 50.2 Å². The second-order valence-electron chi connectivity index (χ2n) is 12.6. The van der Waals surface area contributed by atoms with E-state index in [9.17, 15) is 14.3 Å². The molecule has 0 saturated carbocycles. The minimum Gasteiger partial charge on any atom is -0.476 e. The summed E-state index contributed by atoms with van der Waals surface area (Å²) in [6.45, 7) is 6.51. The number of aryl methyl sites for hydroxylation is 2. The van der Waals surface area contributed by atoms with E-state index in [2.05, 4.69) is 58.0 Å². The van der Waals surface area contributed by atoms with Crippen molar-refractivity contribution in [2.45, 2.75) is 89.8 Å².